The molecule has 0 saturated heterocycles. The van der Waals surface area contributed by atoms with E-state index >= 15 is 0 Å². The number of methoxy groups -OCH3 is 2. The summed E-state index contributed by atoms with van der Waals surface area (Å²) in [6, 6.07) is 12.4. The van der Waals surface area contributed by atoms with Gasteiger partial charge in [-0.3, -0.25) is 25.0 Å². The SMILES string of the molecule is CCOc1cc(/C=N/NC(=O)c2ccc(OC)c(OC)c2)ccc1Oc1ccc([N+](=O)[O-])cc1[N+](=O)[O-]. The molecule has 13 nitrogen and oxygen atoms in total. The van der Waals surface area contributed by atoms with Gasteiger partial charge in [0, 0.05) is 11.6 Å². The first kappa shape index (κ1) is 26.4. The number of nitrogens with one attached hydrogen (secondary N) is 1. The summed E-state index contributed by atoms with van der Waals surface area (Å²) >= 11 is 0. The largest absolute Gasteiger partial charge is 0.493 e. The zero-order chi connectivity index (χ0) is 26.9. The van der Waals surface area contributed by atoms with Crippen LogP contribution >= 0.6 is 0 Å². The molecule has 37 heavy (non-hydrogen) atoms. The normalized spacial score (nSPS) is 10.6. The third kappa shape index (κ3) is 6.48. The molecule has 0 spiro atoms. The van der Waals surface area contributed by atoms with Gasteiger partial charge in [-0.2, -0.15) is 5.10 Å². The molecule has 0 aliphatic heterocycles. The van der Waals surface area contributed by atoms with Crippen LogP contribution in [0.4, 0.5) is 11.4 Å². The van der Waals surface area contributed by atoms with E-state index in [9.17, 15) is 25.0 Å². The molecule has 0 bridgehead atoms. The van der Waals surface area contributed by atoms with Gasteiger partial charge in [0.15, 0.2) is 23.0 Å². The molecule has 0 heterocycles. The smallest absolute Gasteiger partial charge is 0.318 e. The molecular weight excluding hydrogens is 488 g/mol. The lowest BCUT2D eigenvalue weighted by Gasteiger charge is -2.12. The summed E-state index contributed by atoms with van der Waals surface area (Å²) in [4.78, 5) is 33.3. The monoisotopic (exact) mass is 510 g/mol. The molecule has 3 aromatic carbocycles. The number of non-ortho nitro benzene ring substituents is 1. The molecule has 13 heteroatoms. The lowest BCUT2D eigenvalue weighted by Crippen LogP contribution is -2.17. The predicted octanol–water partition coefficient (Wildman–Crippen LogP) is 4.48. The Bertz CT molecular complexity index is 1360. The van der Waals surface area contributed by atoms with Crippen molar-refractivity contribution in [2.45, 2.75) is 6.92 Å². The zero-order valence-corrected chi connectivity index (χ0v) is 20.0. The topological polar surface area (TPSA) is 165 Å². The number of carbonyl (C=O) groups is 1. The van der Waals surface area contributed by atoms with Crippen LogP contribution in [0.5, 0.6) is 28.7 Å². The Morgan fingerprint density at radius 2 is 1.59 bits per heavy atom. The van der Waals surface area contributed by atoms with Gasteiger partial charge in [-0.25, -0.2) is 5.43 Å². The first-order valence-corrected chi connectivity index (χ1v) is 10.7. The number of benzene rings is 3. The van der Waals surface area contributed by atoms with E-state index in [-0.39, 0.29) is 23.9 Å². The molecule has 0 atom stereocenters. The molecule has 0 fully saturated rings. The average Bonchev–Trinajstić information content (AvgIpc) is 2.89. The maximum Gasteiger partial charge on any atom is 0.318 e. The fourth-order valence-electron chi connectivity index (χ4n) is 3.13. The molecule has 192 valence electrons. The van der Waals surface area contributed by atoms with Crippen molar-refractivity contribution in [1.82, 2.24) is 5.43 Å². The molecule has 1 N–H and O–H groups in total. The minimum absolute atomic E-state index is 0.144. The highest BCUT2D eigenvalue weighted by Crippen LogP contribution is 2.38. The zero-order valence-electron chi connectivity index (χ0n) is 20.0. The van der Waals surface area contributed by atoms with Crippen LogP contribution in [0, 0.1) is 20.2 Å². The first-order valence-electron chi connectivity index (χ1n) is 10.7. The maximum atomic E-state index is 12.4. The number of nitro groups is 2. The summed E-state index contributed by atoms with van der Waals surface area (Å²) in [5, 5.41) is 26.3. The average molecular weight is 510 g/mol. The van der Waals surface area contributed by atoms with Crippen molar-refractivity contribution in [1.29, 1.82) is 0 Å². The summed E-state index contributed by atoms with van der Waals surface area (Å²) in [5.74, 6) is 0.583. The molecular formula is C24H22N4O9. The molecule has 0 aliphatic carbocycles. The molecule has 3 aromatic rings. The van der Waals surface area contributed by atoms with Crippen molar-refractivity contribution < 1.29 is 33.6 Å². The molecule has 0 radical (unpaired) electrons. The molecule has 3 rings (SSSR count). The van der Waals surface area contributed by atoms with Crippen LogP contribution in [0.15, 0.2) is 59.7 Å². The van der Waals surface area contributed by atoms with Crippen LogP contribution in [-0.2, 0) is 0 Å². The van der Waals surface area contributed by atoms with Gasteiger partial charge >= 0.3 is 5.69 Å². The van der Waals surface area contributed by atoms with Crippen molar-refractivity contribution >= 4 is 23.5 Å². The third-order valence-electron chi connectivity index (χ3n) is 4.86. The Labute approximate surface area is 210 Å². The molecule has 0 aliphatic rings. The van der Waals surface area contributed by atoms with Crippen molar-refractivity contribution in [2.24, 2.45) is 5.10 Å². The minimum atomic E-state index is -0.773. The highest BCUT2D eigenvalue weighted by atomic mass is 16.6. The lowest BCUT2D eigenvalue weighted by molar-refractivity contribution is -0.394. The number of hydrazone groups is 1. The van der Waals surface area contributed by atoms with Crippen molar-refractivity contribution in [3.63, 3.8) is 0 Å². The summed E-state index contributed by atoms with van der Waals surface area (Å²) in [7, 11) is 2.95. The van der Waals surface area contributed by atoms with Crippen LogP contribution in [0.2, 0.25) is 0 Å². The van der Waals surface area contributed by atoms with Gasteiger partial charge in [0.2, 0.25) is 5.75 Å². The fourth-order valence-corrected chi connectivity index (χ4v) is 3.13. The summed E-state index contributed by atoms with van der Waals surface area (Å²) < 4.78 is 21.6. The van der Waals surface area contributed by atoms with Crippen LogP contribution in [0.3, 0.4) is 0 Å². The van der Waals surface area contributed by atoms with Crippen molar-refractivity contribution in [2.75, 3.05) is 20.8 Å². The summed E-state index contributed by atoms with van der Waals surface area (Å²) in [6.45, 7) is 2.00. The van der Waals surface area contributed by atoms with Crippen molar-refractivity contribution in [3.8, 4) is 28.7 Å². The van der Waals surface area contributed by atoms with Crippen LogP contribution in [0.25, 0.3) is 0 Å². The molecule has 0 aromatic heterocycles. The van der Waals surface area contributed by atoms with Gasteiger partial charge in [0.25, 0.3) is 11.6 Å². The second kappa shape index (κ2) is 12.0. The van der Waals surface area contributed by atoms with Gasteiger partial charge in [0.05, 0.1) is 43.0 Å². The number of ether oxygens (including phenoxy) is 4. The summed E-state index contributed by atoms with van der Waals surface area (Å²) in [6.07, 6.45) is 1.37. The van der Waals surface area contributed by atoms with Gasteiger partial charge < -0.3 is 18.9 Å². The molecule has 0 saturated carbocycles. The maximum absolute atomic E-state index is 12.4. The first-order chi connectivity index (χ1) is 17.8. The fraction of sp³-hybridized carbons (Fsp3) is 0.167. The Morgan fingerprint density at radius 3 is 2.24 bits per heavy atom. The van der Waals surface area contributed by atoms with Gasteiger partial charge in [0.1, 0.15) is 0 Å². The Balaban J connectivity index is 1.79. The van der Waals surface area contributed by atoms with Crippen molar-refractivity contribution in [3.05, 3.63) is 86.0 Å². The highest BCUT2D eigenvalue weighted by Gasteiger charge is 2.22. The number of amides is 1. The van der Waals surface area contributed by atoms with E-state index in [4.69, 9.17) is 18.9 Å². The van der Waals surface area contributed by atoms with E-state index in [1.807, 2.05) is 0 Å². The molecule has 1 amide bonds. The number of nitrogens with zero attached hydrogens (tertiary/aromatic N) is 3. The van der Waals surface area contributed by atoms with Crippen LogP contribution in [0.1, 0.15) is 22.8 Å². The standard InChI is InChI=1S/C24H22N4O9/c1-4-36-23-11-15(14-25-26-24(29)16-6-9-20(34-2)22(12-16)35-3)5-8-21(23)37-19-10-7-17(27(30)31)13-18(19)28(32)33/h5-14H,4H2,1-3H3,(H,26,29)/b25-14+. The van der Waals surface area contributed by atoms with Crippen LogP contribution in [-0.4, -0.2) is 42.8 Å². The van der Waals surface area contributed by atoms with Gasteiger partial charge in [-0.1, -0.05) is 0 Å². The number of nitro benzene ring substituents is 2. The van der Waals surface area contributed by atoms with Gasteiger partial charge in [-0.15, -0.1) is 0 Å². The molecule has 0 unspecified atom stereocenters. The van der Waals surface area contributed by atoms with E-state index in [1.54, 1.807) is 31.2 Å². The number of hydrogen-bond donors (Lipinski definition) is 1. The number of carbonyl (C=O) groups excluding carboxylic acids is 1. The van der Waals surface area contributed by atoms with Crippen LogP contribution < -0.4 is 24.4 Å². The van der Waals surface area contributed by atoms with E-state index in [2.05, 4.69) is 10.5 Å². The second-order valence-corrected chi connectivity index (χ2v) is 7.18. The summed E-state index contributed by atoms with van der Waals surface area (Å²) in [5.41, 5.74) is 2.23. The Morgan fingerprint density at radius 1 is 0.892 bits per heavy atom. The van der Waals surface area contributed by atoms with E-state index in [0.29, 0.717) is 22.6 Å². The number of hydrogen-bond acceptors (Lipinski definition) is 10. The Kier molecular flexibility index (Phi) is 8.54. The van der Waals surface area contributed by atoms with E-state index in [1.165, 1.54) is 32.6 Å². The highest BCUT2D eigenvalue weighted by molar-refractivity contribution is 5.95. The third-order valence-corrected chi connectivity index (χ3v) is 4.86. The van der Waals surface area contributed by atoms with E-state index in [0.717, 1.165) is 18.2 Å². The lowest BCUT2D eigenvalue weighted by atomic mass is 10.2. The van der Waals surface area contributed by atoms with Gasteiger partial charge in [-0.05, 0) is 55.0 Å². The van der Waals surface area contributed by atoms with E-state index < -0.39 is 27.1 Å². The quantitative estimate of drug-likeness (QED) is 0.222. The number of rotatable bonds is 11. The minimum Gasteiger partial charge on any atom is -0.493 e. The predicted molar refractivity (Wildman–Crippen MR) is 132 cm³/mol. The Hall–Kier alpha value is -5.20. The second-order valence-electron chi connectivity index (χ2n) is 7.18.